The molecule has 120 valence electrons. The number of nitrogens with one attached hydrogen (secondary N) is 1. The number of halogens is 2. The second kappa shape index (κ2) is 7.65. The minimum atomic E-state index is -3.67. The topological polar surface area (TPSA) is 81.4 Å². The fraction of sp³-hybridized carbons (Fsp3) is 0.538. The number of hydrogen-bond acceptors (Lipinski definition) is 4. The van der Waals surface area contributed by atoms with Gasteiger partial charge in [-0.05, 0) is 37.4 Å². The molecule has 0 spiro atoms. The summed E-state index contributed by atoms with van der Waals surface area (Å²) >= 11 is 5.99. The van der Waals surface area contributed by atoms with Crippen LogP contribution in [0.2, 0.25) is 5.02 Å². The molecule has 0 heterocycles. The molecule has 0 radical (unpaired) electrons. The van der Waals surface area contributed by atoms with Gasteiger partial charge in [-0.25, -0.2) is 13.1 Å². The monoisotopic (exact) mass is 354 g/mol. The third kappa shape index (κ3) is 4.23. The number of hydrogen-bond donors (Lipinski definition) is 2. The minimum Gasteiger partial charge on any atom is -0.497 e. The molecule has 1 saturated carbocycles. The maximum absolute atomic E-state index is 12.4. The summed E-state index contributed by atoms with van der Waals surface area (Å²) in [7, 11) is -2.19. The molecular formula is C13H20Cl2N2O3S. The lowest BCUT2D eigenvalue weighted by Gasteiger charge is -2.20. The molecule has 0 aromatic heterocycles. The van der Waals surface area contributed by atoms with Crippen LogP contribution >= 0.6 is 24.0 Å². The summed E-state index contributed by atoms with van der Waals surface area (Å²) in [5, 5.41) is 0.181. The molecule has 0 saturated heterocycles. The average molecular weight is 355 g/mol. The maximum atomic E-state index is 12.4. The van der Waals surface area contributed by atoms with E-state index in [1.165, 1.54) is 19.2 Å². The molecule has 5 nitrogen and oxygen atoms in total. The highest BCUT2D eigenvalue weighted by molar-refractivity contribution is 7.89. The predicted octanol–water partition coefficient (Wildman–Crippen LogP) is 2.18. The Labute approximate surface area is 136 Å². The SMILES string of the molecule is COc1ccc(Cl)c(S(=O)(=O)NC2CCCC2CN)c1.Cl. The first-order valence-corrected chi connectivity index (χ1v) is 8.40. The Balaban J connectivity index is 0.00000220. The third-order valence-electron chi connectivity index (χ3n) is 3.70. The largest absolute Gasteiger partial charge is 0.497 e. The lowest BCUT2D eigenvalue weighted by atomic mass is 10.1. The molecule has 21 heavy (non-hydrogen) atoms. The molecule has 1 aliphatic rings. The van der Waals surface area contributed by atoms with Gasteiger partial charge in [-0.15, -0.1) is 12.4 Å². The van der Waals surface area contributed by atoms with Crippen LogP contribution in [0.4, 0.5) is 0 Å². The van der Waals surface area contributed by atoms with E-state index in [-0.39, 0.29) is 34.3 Å². The van der Waals surface area contributed by atoms with Crippen LogP contribution < -0.4 is 15.2 Å². The van der Waals surface area contributed by atoms with Gasteiger partial charge in [0.05, 0.1) is 12.1 Å². The van der Waals surface area contributed by atoms with E-state index >= 15 is 0 Å². The average Bonchev–Trinajstić information content (AvgIpc) is 2.85. The van der Waals surface area contributed by atoms with Crippen molar-refractivity contribution in [2.24, 2.45) is 11.7 Å². The van der Waals surface area contributed by atoms with E-state index in [0.29, 0.717) is 12.3 Å². The molecule has 8 heteroatoms. The Kier molecular flexibility index (Phi) is 6.74. The van der Waals surface area contributed by atoms with Crippen LogP contribution in [0.5, 0.6) is 5.75 Å². The van der Waals surface area contributed by atoms with Gasteiger partial charge in [0.25, 0.3) is 0 Å². The summed E-state index contributed by atoms with van der Waals surface area (Å²) < 4.78 is 32.7. The summed E-state index contributed by atoms with van der Waals surface area (Å²) in [5.74, 6) is 0.644. The van der Waals surface area contributed by atoms with Crippen molar-refractivity contribution in [2.45, 2.75) is 30.2 Å². The van der Waals surface area contributed by atoms with Gasteiger partial charge in [0.2, 0.25) is 10.0 Å². The van der Waals surface area contributed by atoms with Gasteiger partial charge in [0, 0.05) is 12.1 Å². The lowest BCUT2D eigenvalue weighted by molar-refractivity contribution is 0.413. The highest BCUT2D eigenvalue weighted by Gasteiger charge is 2.31. The number of benzene rings is 1. The lowest BCUT2D eigenvalue weighted by Crippen LogP contribution is -2.39. The first kappa shape index (κ1) is 18.5. The van der Waals surface area contributed by atoms with Crippen molar-refractivity contribution in [3.05, 3.63) is 23.2 Å². The molecule has 1 aromatic carbocycles. The maximum Gasteiger partial charge on any atom is 0.242 e. The van der Waals surface area contributed by atoms with Crippen LogP contribution in [0, 0.1) is 5.92 Å². The van der Waals surface area contributed by atoms with E-state index in [1.807, 2.05) is 0 Å². The van der Waals surface area contributed by atoms with Crippen LogP contribution in [0.25, 0.3) is 0 Å². The molecule has 2 rings (SSSR count). The highest BCUT2D eigenvalue weighted by Crippen LogP contribution is 2.29. The number of ether oxygens (including phenoxy) is 1. The second-order valence-corrected chi connectivity index (χ2v) is 7.04. The Morgan fingerprint density at radius 2 is 2.14 bits per heavy atom. The van der Waals surface area contributed by atoms with Gasteiger partial charge in [0.15, 0.2) is 0 Å². The molecule has 1 aliphatic carbocycles. The Morgan fingerprint density at radius 1 is 1.43 bits per heavy atom. The van der Waals surface area contributed by atoms with Crippen LogP contribution in [-0.2, 0) is 10.0 Å². The number of methoxy groups -OCH3 is 1. The Hall–Kier alpha value is -0.530. The number of sulfonamides is 1. The van der Waals surface area contributed by atoms with Gasteiger partial charge in [-0.2, -0.15) is 0 Å². The van der Waals surface area contributed by atoms with E-state index in [4.69, 9.17) is 22.1 Å². The smallest absolute Gasteiger partial charge is 0.242 e. The molecule has 1 fully saturated rings. The Morgan fingerprint density at radius 3 is 2.76 bits per heavy atom. The summed E-state index contributed by atoms with van der Waals surface area (Å²) in [6, 6.07) is 4.45. The summed E-state index contributed by atoms with van der Waals surface area (Å²) in [6.45, 7) is 0.485. The van der Waals surface area contributed by atoms with Crippen LogP contribution in [0.1, 0.15) is 19.3 Å². The van der Waals surface area contributed by atoms with E-state index in [1.54, 1.807) is 6.07 Å². The van der Waals surface area contributed by atoms with Crippen LogP contribution in [0.15, 0.2) is 23.1 Å². The van der Waals surface area contributed by atoms with Crippen molar-refractivity contribution in [3.63, 3.8) is 0 Å². The van der Waals surface area contributed by atoms with E-state index in [0.717, 1.165) is 19.3 Å². The van der Waals surface area contributed by atoms with Gasteiger partial charge >= 0.3 is 0 Å². The van der Waals surface area contributed by atoms with Gasteiger partial charge < -0.3 is 10.5 Å². The fourth-order valence-corrected chi connectivity index (χ4v) is 4.41. The molecule has 3 N–H and O–H groups in total. The van der Waals surface area contributed by atoms with Gasteiger partial charge in [0.1, 0.15) is 10.6 Å². The molecule has 0 aliphatic heterocycles. The first-order chi connectivity index (χ1) is 9.47. The van der Waals surface area contributed by atoms with E-state index < -0.39 is 10.0 Å². The summed E-state index contributed by atoms with van der Waals surface area (Å²) in [6.07, 6.45) is 2.75. The van der Waals surface area contributed by atoms with Gasteiger partial charge in [-0.3, -0.25) is 0 Å². The quantitative estimate of drug-likeness (QED) is 0.848. The normalized spacial score (nSPS) is 21.9. The van der Waals surface area contributed by atoms with Crippen molar-refractivity contribution in [3.8, 4) is 5.75 Å². The summed E-state index contributed by atoms with van der Waals surface area (Å²) in [4.78, 5) is 0.0428. The first-order valence-electron chi connectivity index (χ1n) is 6.54. The third-order valence-corrected chi connectivity index (χ3v) is 5.67. The number of nitrogens with two attached hydrogens (primary N) is 1. The standard InChI is InChI=1S/C13H19ClN2O3S.ClH/c1-19-10-5-6-11(14)13(7-10)20(17,18)16-12-4-2-3-9(12)8-15;/h5-7,9,12,16H,2-4,8,15H2,1H3;1H. The van der Waals surface area contributed by atoms with E-state index in [2.05, 4.69) is 4.72 Å². The summed E-state index contributed by atoms with van der Waals surface area (Å²) in [5.41, 5.74) is 5.68. The van der Waals surface area contributed by atoms with Crippen LogP contribution in [-0.4, -0.2) is 28.1 Å². The molecular weight excluding hydrogens is 335 g/mol. The molecule has 2 atom stereocenters. The van der Waals surface area contributed by atoms with Crippen molar-refractivity contribution in [2.75, 3.05) is 13.7 Å². The van der Waals surface area contributed by atoms with Gasteiger partial charge in [-0.1, -0.05) is 18.0 Å². The second-order valence-electron chi connectivity index (χ2n) is 4.95. The zero-order chi connectivity index (χ0) is 14.8. The van der Waals surface area contributed by atoms with Crippen LogP contribution in [0.3, 0.4) is 0 Å². The van der Waals surface area contributed by atoms with E-state index in [9.17, 15) is 8.42 Å². The highest BCUT2D eigenvalue weighted by atomic mass is 35.5. The molecule has 1 aromatic rings. The fourth-order valence-electron chi connectivity index (χ4n) is 2.55. The number of rotatable bonds is 5. The minimum absolute atomic E-state index is 0. The van der Waals surface area contributed by atoms with Crippen molar-refractivity contribution in [1.82, 2.24) is 4.72 Å². The predicted molar refractivity (Wildman–Crippen MR) is 85.8 cm³/mol. The van der Waals surface area contributed by atoms with Crippen molar-refractivity contribution in [1.29, 1.82) is 0 Å². The zero-order valence-corrected chi connectivity index (χ0v) is 14.1. The van der Waals surface area contributed by atoms with Crippen molar-refractivity contribution < 1.29 is 13.2 Å². The molecule has 2 unspecified atom stereocenters. The van der Waals surface area contributed by atoms with Crippen molar-refractivity contribution >= 4 is 34.0 Å². The molecule has 0 bridgehead atoms. The zero-order valence-electron chi connectivity index (χ0n) is 11.7. The molecule has 0 amide bonds. The Bertz CT molecular complexity index is 581.